The molecule has 1 aliphatic carbocycles. The summed E-state index contributed by atoms with van der Waals surface area (Å²) in [5.41, 5.74) is 2.76. The van der Waals surface area contributed by atoms with Crippen LogP contribution in [0.2, 0.25) is 0 Å². The first kappa shape index (κ1) is 25.9. The van der Waals surface area contributed by atoms with Gasteiger partial charge in [-0.25, -0.2) is 9.89 Å². The zero-order valence-electron chi connectivity index (χ0n) is 21.4. The smallest absolute Gasteiger partial charge is 0.362 e. The molecule has 1 saturated carbocycles. The molecule has 4 rings (SSSR count). The van der Waals surface area contributed by atoms with Crippen LogP contribution in [0.5, 0.6) is 5.88 Å². The minimum absolute atomic E-state index is 0.00256. The lowest BCUT2D eigenvalue weighted by Crippen LogP contribution is -2.33. The van der Waals surface area contributed by atoms with Crippen LogP contribution < -0.4 is 4.74 Å². The van der Waals surface area contributed by atoms with Gasteiger partial charge in [-0.1, -0.05) is 54.8 Å². The number of esters is 1. The fourth-order valence-corrected chi connectivity index (χ4v) is 4.97. The van der Waals surface area contributed by atoms with Crippen molar-refractivity contribution in [2.45, 2.75) is 89.9 Å². The topological polar surface area (TPSA) is 115 Å². The molecule has 194 valence electrons. The van der Waals surface area contributed by atoms with Gasteiger partial charge < -0.3 is 14.6 Å². The SMILES string of the molecule is CCCC(O)(CC)Cn1ccc(-c2ccc([C@H]3CC[C@H](Oc4nn[nH]c4C(=O)OCC)CC3)cc2)n1. The van der Waals surface area contributed by atoms with Crippen molar-refractivity contribution in [2.24, 2.45) is 0 Å². The highest BCUT2D eigenvalue weighted by atomic mass is 16.5. The van der Waals surface area contributed by atoms with Crippen LogP contribution in [-0.2, 0) is 11.3 Å². The fraction of sp³-hybridized carbons (Fsp3) is 0.556. The monoisotopic (exact) mass is 495 g/mol. The van der Waals surface area contributed by atoms with E-state index in [4.69, 9.17) is 14.6 Å². The average molecular weight is 496 g/mol. The van der Waals surface area contributed by atoms with Crippen LogP contribution >= 0.6 is 0 Å². The molecular weight excluding hydrogens is 458 g/mol. The normalized spacial score (nSPS) is 19.6. The first-order valence-corrected chi connectivity index (χ1v) is 13.1. The molecule has 2 heterocycles. The molecule has 2 N–H and O–H groups in total. The van der Waals surface area contributed by atoms with E-state index in [0.29, 0.717) is 18.9 Å². The van der Waals surface area contributed by atoms with E-state index in [9.17, 15) is 9.90 Å². The van der Waals surface area contributed by atoms with Crippen LogP contribution in [0.15, 0.2) is 36.5 Å². The number of carbonyl (C=O) groups is 1. The Morgan fingerprint density at radius 1 is 1.14 bits per heavy atom. The zero-order valence-corrected chi connectivity index (χ0v) is 21.4. The second-order valence-electron chi connectivity index (χ2n) is 9.65. The van der Waals surface area contributed by atoms with E-state index in [1.807, 2.05) is 23.9 Å². The van der Waals surface area contributed by atoms with Gasteiger partial charge in [0, 0.05) is 11.8 Å². The number of hydrogen-bond acceptors (Lipinski definition) is 7. The molecule has 9 nitrogen and oxygen atoms in total. The molecule has 1 unspecified atom stereocenters. The number of aromatic amines is 1. The maximum atomic E-state index is 12.0. The molecule has 0 saturated heterocycles. The molecule has 0 radical (unpaired) electrons. The zero-order chi connectivity index (χ0) is 25.5. The third-order valence-corrected chi connectivity index (χ3v) is 7.10. The minimum atomic E-state index is -0.710. The number of H-pyrrole nitrogens is 1. The first-order valence-electron chi connectivity index (χ1n) is 13.1. The van der Waals surface area contributed by atoms with Crippen LogP contribution in [0, 0.1) is 0 Å². The molecule has 0 bridgehead atoms. The van der Waals surface area contributed by atoms with Crippen molar-refractivity contribution in [3.63, 3.8) is 0 Å². The Balaban J connectivity index is 1.32. The maximum Gasteiger partial charge on any atom is 0.362 e. The van der Waals surface area contributed by atoms with Gasteiger partial charge in [-0.3, -0.25) is 4.68 Å². The van der Waals surface area contributed by atoms with E-state index >= 15 is 0 Å². The predicted molar refractivity (Wildman–Crippen MR) is 136 cm³/mol. The number of nitrogens with one attached hydrogen (secondary N) is 1. The molecule has 2 aromatic heterocycles. The molecule has 3 aromatic rings. The van der Waals surface area contributed by atoms with Crippen molar-refractivity contribution in [1.82, 2.24) is 25.2 Å². The number of rotatable bonds is 11. The van der Waals surface area contributed by atoms with Crippen LogP contribution in [0.25, 0.3) is 11.3 Å². The van der Waals surface area contributed by atoms with Gasteiger partial charge in [0.05, 0.1) is 24.4 Å². The summed E-state index contributed by atoms with van der Waals surface area (Å²) in [4.78, 5) is 12.0. The molecule has 36 heavy (non-hydrogen) atoms. The van der Waals surface area contributed by atoms with Crippen LogP contribution in [0.3, 0.4) is 0 Å². The molecule has 0 spiro atoms. The van der Waals surface area contributed by atoms with E-state index in [1.165, 1.54) is 5.56 Å². The lowest BCUT2D eigenvalue weighted by atomic mass is 9.82. The summed E-state index contributed by atoms with van der Waals surface area (Å²) in [6.07, 6.45) is 8.13. The van der Waals surface area contributed by atoms with Crippen LogP contribution in [0.1, 0.15) is 87.7 Å². The number of aliphatic hydroxyl groups is 1. The number of ether oxygens (including phenoxy) is 2. The van der Waals surface area contributed by atoms with Crippen molar-refractivity contribution in [1.29, 1.82) is 0 Å². The molecule has 0 aliphatic heterocycles. The summed E-state index contributed by atoms with van der Waals surface area (Å²) >= 11 is 0. The number of aromatic nitrogens is 5. The van der Waals surface area contributed by atoms with Crippen LogP contribution in [0.4, 0.5) is 0 Å². The second-order valence-corrected chi connectivity index (χ2v) is 9.65. The van der Waals surface area contributed by atoms with Gasteiger partial charge in [0.1, 0.15) is 6.10 Å². The van der Waals surface area contributed by atoms with Crippen molar-refractivity contribution in [3.8, 4) is 17.1 Å². The van der Waals surface area contributed by atoms with E-state index in [1.54, 1.807) is 6.92 Å². The average Bonchev–Trinajstić information content (AvgIpc) is 3.55. The van der Waals surface area contributed by atoms with Gasteiger partial charge in [-0.05, 0) is 63.0 Å². The molecule has 1 fully saturated rings. The summed E-state index contributed by atoms with van der Waals surface area (Å²) < 4.78 is 12.9. The highest BCUT2D eigenvalue weighted by molar-refractivity contribution is 5.89. The summed E-state index contributed by atoms with van der Waals surface area (Å²) in [6, 6.07) is 10.6. The third-order valence-electron chi connectivity index (χ3n) is 7.10. The second kappa shape index (κ2) is 11.7. The van der Waals surface area contributed by atoms with Gasteiger partial charge in [0.25, 0.3) is 5.88 Å². The number of benzene rings is 1. The van der Waals surface area contributed by atoms with E-state index in [-0.39, 0.29) is 24.3 Å². The first-order chi connectivity index (χ1) is 17.4. The lowest BCUT2D eigenvalue weighted by molar-refractivity contribution is 0.00674. The van der Waals surface area contributed by atoms with Crippen LogP contribution in [-0.4, -0.2) is 54.6 Å². The van der Waals surface area contributed by atoms with Gasteiger partial charge >= 0.3 is 5.97 Å². The number of hydrogen-bond donors (Lipinski definition) is 2. The molecular formula is C27H37N5O4. The Hall–Kier alpha value is -3.20. The summed E-state index contributed by atoms with van der Waals surface area (Å²) in [5, 5.41) is 25.7. The lowest BCUT2D eigenvalue weighted by Gasteiger charge is -2.28. The Kier molecular flexibility index (Phi) is 8.40. The number of nitrogens with zero attached hydrogens (tertiary/aromatic N) is 4. The Morgan fingerprint density at radius 3 is 2.56 bits per heavy atom. The van der Waals surface area contributed by atoms with E-state index in [2.05, 4.69) is 46.6 Å². The Morgan fingerprint density at radius 2 is 1.89 bits per heavy atom. The summed E-state index contributed by atoms with van der Waals surface area (Å²) in [6.45, 7) is 6.66. The molecule has 1 aliphatic rings. The van der Waals surface area contributed by atoms with Gasteiger partial charge in [-0.15, -0.1) is 0 Å². The van der Waals surface area contributed by atoms with E-state index < -0.39 is 11.6 Å². The van der Waals surface area contributed by atoms with Gasteiger partial charge in [-0.2, -0.15) is 5.10 Å². The van der Waals surface area contributed by atoms with Crippen molar-refractivity contribution >= 4 is 5.97 Å². The molecule has 1 aromatic carbocycles. The summed E-state index contributed by atoms with van der Waals surface area (Å²) in [5.74, 6) is 0.178. The Labute approximate surface area is 212 Å². The number of carbonyl (C=O) groups excluding carboxylic acids is 1. The van der Waals surface area contributed by atoms with Crippen molar-refractivity contribution in [3.05, 3.63) is 47.8 Å². The fourth-order valence-electron chi connectivity index (χ4n) is 4.97. The molecule has 9 heteroatoms. The Bertz CT molecular complexity index is 1120. The quantitative estimate of drug-likeness (QED) is 0.364. The predicted octanol–water partition coefficient (Wildman–Crippen LogP) is 4.89. The minimum Gasteiger partial charge on any atom is -0.472 e. The molecule has 0 amide bonds. The highest BCUT2D eigenvalue weighted by Crippen LogP contribution is 2.35. The van der Waals surface area contributed by atoms with Crippen molar-refractivity contribution in [2.75, 3.05) is 6.61 Å². The highest BCUT2D eigenvalue weighted by Gasteiger charge is 2.27. The van der Waals surface area contributed by atoms with Gasteiger partial charge in [0.2, 0.25) is 5.69 Å². The summed E-state index contributed by atoms with van der Waals surface area (Å²) in [7, 11) is 0. The van der Waals surface area contributed by atoms with E-state index in [0.717, 1.165) is 49.8 Å². The van der Waals surface area contributed by atoms with Crippen molar-refractivity contribution < 1.29 is 19.4 Å². The largest absolute Gasteiger partial charge is 0.472 e. The third kappa shape index (κ3) is 6.13. The maximum absolute atomic E-state index is 12.0. The molecule has 1 atom stereocenters. The van der Waals surface area contributed by atoms with Gasteiger partial charge in [0.15, 0.2) is 0 Å². The standard InChI is InChI=1S/C27H37N5O4/c1-4-16-27(34,5-2)18-32-17-15-23(30-32)21-9-7-19(8-10-21)20-11-13-22(14-12-20)36-25-24(28-31-29-25)26(33)35-6-3/h7-10,15,17,20,22,34H,4-6,11-14,16,18H2,1-3H3,(H,28,29,31)/t20-,22-,27?.